The van der Waals surface area contributed by atoms with E-state index in [4.69, 9.17) is 27.9 Å². The Labute approximate surface area is 169 Å². The van der Waals surface area contributed by atoms with Crippen LogP contribution in [0.5, 0.6) is 0 Å². The van der Waals surface area contributed by atoms with Crippen LogP contribution in [0.4, 0.5) is 11.4 Å². The van der Waals surface area contributed by atoms with E-state index in [0.717, 1.165) is 4.90 Å². The minimum atomic E-state index is -0.671. The first-order valence-electron chi connectivity index (χ1n) is 7.86. The van der Waals surface area contributed by atoms with Gasteiger partial charge in [-0.2, -0.15) is 0 Å². The number of anilines is 2. The molecule has 1 aliphatic heterocycles. The number of rotatable bonds is 4. The largest absolute Gasteiger partial charge is 0.452 e. The summed E-state index contributed by atoms with van der Waals surface area (Å²) in [4.78, 5) is 36.7. The summed E-state index contributed by atoms with van der Waals surface area (Å²) < 4.78 is 5.03. The van der Waals surface area contributed by atoms with E-state index in [0.29, 0.717) is 21.4 Å². The molecular weight excluding hydrogens is 411 g/mol. The van der Waals surface area contributed by atoms with Crippen molar-refractivity contribution in [3.63, 3.8) is 0 Å². The second kappa shape index (κ2) is 8.21. The van der Waals surface area contributed by atoms with Crippen molar-refractivity contribution in [2.75, 3.05) is 17.2 Å². The van der Waals surface area contributed by atoms with E-state index in [1.807, 2.05) is 0 Å². The number of amides is 2. The van der Waals surface area contributed by atoms with Crippen molar-refractivity contribution >= 4 is 64.1 Å². The molecule has 1 heterocycles. The quantitative estimate of drug-likeness (QED) is 0.717. The molecule has 0 aromatic heterocycles. The third-order valence-electron chi connectivity index (χ3n) is 3.63. The van der Waals surface area contributed by atoms with Crippen molar-refractivity contribution in [2.24, 2.45) is 0 Å². The third kappa shape index (κ3) is 4.94. The Morgan fingerprint density at radius 2 is 1.89 bits per heavy atom. The van der Waals surface area contributed by atoms with Gasteiger partial charge in [-0.3, -0.25) is 9.59 Å². The highest BCUT2D eigenvalue weighted by atomic mass is 35.5. The van der Waals surface area contributed by atoms with Gasteiger partial charge < -0.3 is 15.4 Å². The Hall–Kier alpha value is -2.22. The van der Waals surface area contributed by atoms with Crippen molar-refractivity contribution in [3.05, 3.63) is 52.0 Å². The number of carbonyl (C=O) groups excluding carboxylic acids is 3. The highest BCUT2D eigenvalue weighted by Gasteiger charge is 2.24. The standard InChI is InChI=1S/C18H14Cl2N2O4S/c1-9-17(24)22-14-4-10(2-3-15(14)27-9)18(25)26-8-16(23)21-13-6-11(19)5-12(20)7-13/h2-7,9H,8H2,1H3,(H,21,23)(H,22,24). The number of hydrogen-bond acceptors (Lipinski definition) is 5. The number of esters is 1. The van der Waals surface area contributed by atoms with E-state index in [9.17, 15) is 14.4 Å². The molecule has 2 aromatic carbocycles. The van der Waals surface area contributed by atoms with E-state index in [-0.39, 0.29) is 16.7 Å². The molecule has 2 N–H and O–H groups in total. The Balaban J connectivity index is 1.60. The van der Waals surface area contributed by atoms with Crippen molar-refractivity contribution < 1.29 is 19.1 Å². The zero-order valence-electron chi connectivity index (χ0n) is 14.0. The lowest BCUT2D eigenvalue weighted by Crippen LogP contribution is -2.26. The molecule has 0 fully saturated rings. The smallest absolute Gasteiger partial charge is 0.338 e. The van der Waals surface area contributed by atoms with E-state index in [2.05, 4.69) is 10.6 Å². The molecule has 1 aliphatic rings. The lowest BCUT2D eigenvalue weighted by atomic mass is 10.2. The first-order valence-corrected chi connectivity index (χ1v) is 9.50. The molecule has 6 nitrogen and oxygen atoms in total. The van der Waals surface area contributed by atoms with Crippen LogP contribution < -0.4 is 10.6 Å². The van der Waals surface area contributed by atoms with E-state index >= 15 is 0 Å². The first-order chi connectivity index (χ1) is 12.8. The summed E-state index contributed by atoms with van der Waals surface area (Å²) in [5, 5.41) is 5.84. The number of fused-ring (bicyclic) bond motifs is 1. The van der Waals surface area contributed by atoms with Gasteiger partial charge in [-0.1, -0.05) is 23.2 Å². The normalized spacial score (nSPS) is 15.5. The average Bonchev–Trinajstić information content (AvgIpc) is 2.59. The molecule has 27 heavy (non-hydrogen) atoms. The number of thioether (sulfide) groups is 1. The zero-order valence-corrected chi connectivity index (χ0v) is 16.4. The number of carbonyl (C=O) groups is 3. The van der Waals surface area contributed by atoms with Crippen LogP contribution in [0.25, 0.3) is 0 Å². The minimum absolute atomic E-state index is 0.127. The molecule has 0 saturated heterocycles. The predicted molar refractivity (Wildman–Crippen MR) is 106 cm³/mol. The fourth-order valence-electron chi connectivity index (χ4n) is 2.37. The minimum Gasteiger partial charge on any atom is -0.452 e. The number of ether oxygens (including phenoxy) is 1. The Bertz CT molecular complexity index is 915. The van der Waals surface area contributed by atoms with Crippen LogP contribution in [0, 0.1) is 0 Å². The molecule has 0 saturated carbocycles. The maximum Gasteiger partial charge on any atom is 0.338 e. The Morgan fingerprint density at radius 3 is 2.59 bits per heavy atom. The SMILES string of the molecule is CC1Sc2ccc(C(=O)OCC(=O)Nc3cc(Cl)cc(Cl)c3)cc2NC1=O. The van der Waals surface area contributed by atoms with Gasteiger partial charge in [-0.25, -0.2) is 4.79 Å². The maximum absolute atomic E-state index is 12.2. The second-order valence-electron chi connectivity index (χ2n) is 5.74. The molecule has 3 rings (SSSR count). The summed E-state index contributed by atoms with van der Waals surface area (Å²) >= 11 is 13.1. The molecule has 0 radical (unpaired) electrons. The topological polar surface area (TPSA) is 84.5 Å². The molecule has 140 valence electrons. The zero-order chi connectivity index (χ0) is 19.6. The molecule has 2 amide bonds. The number of hydrogen-bond donors (Lipinski definition) is 2. The molecule has 2 aromatic rings. The van der Waals surface area contributed by atoms with E-state index < -0.39 is 18.5 Å². The van der Waals surface area contributed by atoms with Crippen LogP contribution in [0.2, 0.25) is 10.0 Å². The highest BCUT2D eigenvalue weighted by Crippen LogP contribution is 2.36. The van der Waals surface area contributed by atoms with Gasteiger partial charge in [0.05, 0.1) is 16.5 Å². The van der Waals surface area contributed by atoms with Gasteiger partial charge in [0, 0.05) is 20.6 Å². The first kappa shape index (κ1) is 19.5. The van der Waals surface area contributed by atoms with Crippen LogP contribution in [-0.4, -0.2) is 29.6 Å². The number of nitrogens with one attached hydrogen (secondary N) is 2. The lowest BCUT2D eigenvalue weighted by molar-refractivity contribution is -0.119. The molecule has 1 unspecified atom stereocenters. The van der Waals surface area contributed by atoms with Gasteiger partial charge in [-0.05, 0) is 43.3 Å². The Morgan fingerprint density at radius 1 is 1.19 bits per heavy atom. The van der Waals surface area contributed by atoms with Gasteiger partial charge in [0.2, 0.25) is 5.91 Å². The van der Waals surface area contributed by atoms with Crippen molar-refractivity contribution in [1.29, 1.82) is 0 Å². The fraction of sp³-hybridized carbons (Fsp3) is 0.167. The molecule has 0 aliphatic carbocycles. The third-order valence-corrected chi connectivity index (χ3v) is 5.24. The van der Waals surface area contributed by atoms with Gasteiger partial charge in [-0.15, -0.1) is 11.8 Å². The molecule has 9 heteroatoms. The van der Waals surface area contributed by atoms with Crippen LogP contribution >= 0.6 is 35.0 Å². The molecule has 1 atom stereocenters. The van der Waals surface area contributed by atoms with Gasteiger partial charge in [0.1, 0.15) is 0 Å². The maximum atomic E-state index is 12.2. The second-order valence-corrected chi connectivity index (χ2v) is 8.00. The van der Waals surface area contributed by atoms with Crippen LogP contribution in [0.1, 0.15) is 17.3 Å². The summed E-state index contributed by atoms with van der Waals surface area (Å²) in [5.74, 6) is -1.33. The van der Waals surface area contributed by atoms with E-state index in [1.165, 1.54) is 36.0 Å². The average molecular weight is 425 g/mol. The number of halogens is 2. The highest BCUT2D eigenvalue weighted by molar-refractivity contribution is 8.00. The van der Waals surface area contributed by atoms with Crippen LogP contribution in [0.3, 0.4) is 0 Å². The summed E-state index contributed by atoms with van der Waals surface area (Å²) in [6.45, 7) is 1.33. The Kier molecular flexibility index (Phi) is 5.94. The van der Waals surface area contributed by atoms with Crippen LogP contribution in [-0.2, 0) is 14.3 Å². The van der Waals surface area contributed by atoms with Crippen molar-refractivity contribution in [1.82, 2.24) is 0 Å². The molecule has 0 bridgehead atoms. The fourth-order valence-corrected chi connectivity index (χ4v) is 3.83. The van der Waals surface area contributed by atoms with Gasteiger partial charge in [0.25, 0.3) is 5.91 Å². The van der Waals surface area contributed by atoms with Crippen molar-refractivity contribution in [2.45, 2.75) is 17.1 Å². The van der Waals surface area contributed by atoms with Gasteiger partial charge in [0.15, 0.2) is 6.61 Å². The lowest BCUT2D eigenvalue weighted by Gasteiger charge is -2.21. The summed E-state index contributed by atoms with van der Waals surface area (Å²) in [6, 6.07) is 9.44. The van der Waals surface area contributed by atoms with Crippen LogP contribution in [0.15, 0.2) is 41.3 Å². The summed E-state index contributed by atoms with van der Waals surface area (Å²) in [6.07, 6.45) is 0. The summed E-state index contributed by atoms with van der Waals surface area (Å²) in [5.41, 5.74) is 1.19. The molecule has 0 spiro atoms. The summed E-state index contributed by atoms with van der Waals surface area (Å²) in [7, 11) is 0. The van der Waals surface area contributed by atoms with E-state index in [1.54, 1.807) is 19.1 Å². The van der Waals surface area contributed by atoms with Gasteiger partial charge >= 0.3 is 5.97 Å². The molecular formula is C18H14Cl2N2O4S. The predicted octanol–water partition coefficient (Wildman–Crippen LogP) is 4.22. The monoisotopic (exact) mass is 424 g/mol. The van der Waals surface area contributed by atoms with Crippen molar-refractivity contribution in [3.8, 4) is 0 Å². The number of benzene rings is 2.